The van der Waals surface area contributed by atoms with Crippen LogP contribution in [0.2, 0.25) is 0 Å². The Morgan fingerprint density at radius 1 is 1.38 bits per heavy atom. The molecule has 16 heavy (non-hydrogen) atoms. The van der Waals surface area contributed by atoms with Crippen LogP contribution in [-0.2, 0) is 0 Å². The van der Waals surface area contributed by atoms with Crippen molar-refractivity contribution in [1.82, 2.24) is 4.90 Å². The molecule has 3 atom stereocenters. The van der Waals surface area contributed by atoms with Crippen LogP contribution < -0.4 is 0 Å². The molecule has 1 aliphatic carbocycles. The summed E-state index contributed by atoms with van der Waals surface area (Å²) in [4.78, 5) is 2.60. The summed E-state index contributed by atoms with van der Waals surface area (Å²) >= 11 is 4.48. The molecule has 0 aromatic rings. The molecule has 1 nitrogen and oxygen atoms in total. The molecule has 0 amide bonds. The van der Waals surface area contributed by atoms with Crippen LogP contribution in [0.3, 0.4) is 0 Å². The van der Waals surface area contributed by atoms with E-state index in [1.807, 2.05) is 0 Å². The van der Waals surface area contributed by atoms with Crippen LogP contribution >= 0.6 is 12.6 Å². The summed E-state index contributed by atoms with van der Waals surface area (Å²) in [5.41, 5.74) is 0. The first-order chi connectivity index (χ1) is 7.67. The largest absolute Gasteiger partial charge is 0.303 e. The highest BCUT2D eigenvalue weighted by molar-refractivity contribution is 7.80. The highest BCUT2D eigenvalue weighted by atomic mass is 32.1. The molecule has 0 aliphatic heterocycles. The second-order valence-electron chi connectivity index (χ2n) is 5.70. The van der Waals surface area contributed by atoms with E-state index in [1.165, 1.54) is 45.1 Å². The summed E-state index contributed by atoms with van der Waals surface area (Å²) < 4.78 is 0. The summed E-state index contributed by atoms with van der Waals surface area (Å²) in [6.45, 7) is 5.93. The Kier molecular flexibility index (Phi) is 6.83. The minimum Gasteiger partial charge on any atom is -0.303 e. The highest BCUT2D eigenvalue weighted by Gasteiger charge is 2.23. The lowest BCUT2D eigenvalue weighted by atomic mass is 9.86. The first-order valence-electron chi connectivity index (χ1n) is 6.98. The van der Waals surface area contributed by atoms with Gasteiger partial charge in [-0.15, -0.1) is 0 Å². The topological polar surface area (TPSA) is 3.24 Å². The van der Waals surface area contributed by atoms with Crippen LogP contribution in [0.15, 0.2) is 0 Å². The van der Waals surface area contributed by atoms with Gasteiger partial charge in [-0.2, -0.15) is 12.6 Å². The Hall–Kier alpha value is 0.310. The molecule has 3 unspecified atom stereocenters. The number of thiol groups is 1. The van der Waals surface area contributed by atoms with Crippen LogP contribution in [0.4, 0.5) is 0 Å². The van der Waals surface area contributed by atoms with Gasteiger partial charge < -0.3 is 4.90 Å². The summed E-state index contributed by atoms with van der Waals surface area (Å²) in [5.74, 6) is 2.76. The van der Waals surface area contributed by atoms with Crippen molar-refractivity contribution in [3.05, 3.63) is 0 Å². The van der Waals surface area contributed by atoms with Crippen LogP contribution in [-0.4, -0.2) is 30.3 Å². The van der Waals surface area contributed by atoms with Crippen molar-refractivity contribution < 1.29 is 0 Å². The molecule has 96 valence electrons. The van der Waals surface area contributed by atoms with Crippen molar-refractivity contribution in [2.45, 2.75) is 58.4 Å². The Balaban J connectivity index is 2.34. The predicted molar refractivity (Wildman–Crippen MR) is 76.3 cm³/mol. The molecule has 1 saturated carbocycles. The maximum Gasteiger partial charge on any atom is 0.00948 e. The van der Waals surface area contributed by atoms with Crippen LogP contribution in [0, 0.1) is 11.8 Å². The van der Waals surface area contributed by atoms with Crippen molar-refractivity contribution in [1.29, 1.82) is 0 Å². The van der Waals surface area contributed by atoms with Gasteiger partial charge in [-0.05, 0) is 43.9 Å². The second kappa shape index (κ2) is 7.60. The zero-order valence-corrected chi connectivity index (χ0v) is 12.2. The smallest absolute Gasteiger partial charge is 0.00948 e. The number of hydrogen-bond donors (Lipinski definition) is 1. The van der Waals surface area contributed by atoms with Crippen molar-refractivity contribution in [3.8, 4) is 0 Å². The minimum absolute atomic E-state index is 0.788. The standard InChI is InChI=1S/C14H29NS/c1-4-6-13(11-16)10-15(3)14-8-5-7-12(2)9-14/h12-14,16H,4-11H2,1-3H3. The number of hydrogen-bond acceptors (Lipinski definition) is 2. The van der Waals surface area contributed by atoms with E-state index in [1.54, 1.807) is 0 Å². The fourth-order valence-electron chi connectivity index (χ4n) is 3.01. The van der Waals surface area contributed by atoms with Crippen LogP contribution in [0.25, 0.3) is 0 Å². The monoisotopic (exact) mass is 243 g/mol. The van der Waals surface area contributed by atoms with E-state index in [2.05, 4.69) is 38.4 Å². The molecule has 1 aliphatic rings. The molecule has 0 saturated heterocycles. The fraction of sp³-hybridized carbons (Fsp3) is 1.00. The molecule has 1 fully saturated rings. The lowest BCUT2D eigenvalue weighted by Gasteiger charge is -2.35. The molecule has 0 spiro atoms. The van der Waals surface area contributed by atoms with Gasteiger partial charge >= 0.3 is 0 Å². The Bertz CT molecular complexity index is 184. The zero-order valence-electron chi connectivity index (χ0n) is 11.3. The fourth-order valence-corrected chi connectivity index (χ4v) is 3.31. The van der Waals surface area contributed by atoms with Crippen molar-refractivity contribution in [3.63, 3.8) is 0 Å². The van der Waals surface area contributed by atoms with Gasteiger partial charge in [-0.25, -0.2) is 0 Å². The van der Waals surface area contributed by atoms with E-state index in [-0.39, 0.29) is 0 Å². The van der Waals surface area contributed by atoms with Gasteiger partial charge in [0.15, 0.2) is 0 Å². The van der Waals surface area contributed by atoms with Gasteiger partial charge in [0, 0.05) is 12.6 Å². The Morgan fingerprint density at radius 2 is 2.12 bits per heavy atom. The molecule has 0 aromatic heterocycles. The van der Waals surface area contributed by atoms with E-state index in [9.17, 15) is 0 Å². The molecule has 0 heterocycles. The van der Waals surface area contributed by atoms with Crippen LogP contribution in [0.1, 0.15) is 52.4 Å². The summed E-state index contributed by atoms with van der Waals surface area (Å²) in [6, 6.07) is 0.836. The SMILES string of the molecule is CCCC(CS)CN(C)C1CCCC(C)C1. The lowest BCUT2D eigenvalue weighted by molar-refractivity contribution is 0.146. The van der Waals surface area contributed by atoms with Gasteiger partial charge in [0.05, 0.1) is 0 Å². The number of nitrogens with zero attached hydrogens (tertiary/aromatic N) is 1. The second-order valence-corrected chi connectivity index (χ2v) is 6.07. The molecule has 0 radical (unpaired) electrons. The Labute approximate surface area is 107 Å². The number of rotatable bonds is 6. The lowest BCUT2D eigenvalue weighted by Crippen LogP contribution is -2.38. The van der Waals surface area contributed by atoms with Crippen molar-refractivity contribution in [2.24, 2.45) is 11.8 Å². The third kappa shape index (κ3) is 4.67. The molecule has 0 aromatic carbocycles. The van der Waals surface area contributed by atoms with Crippen molar-refractivity contribution >= 4 is 12.6 Å². The minimum atomic E-state index is 0.788. The van der Waals surface area contributed by atoms with Gasteiger partial charge in [0.25, 0.3) is 0 Å². The first kappa shape index (κ1) is 14.4. The van der Waals surface area contributed by atoms with Crippen molar-refractivity contribution in [2.75, 3.05) is 19.3 Å². The molecular formula is C14H29NS. The molecule has 2 heteroatoms. The molecule has 1 rings (SSSR count). The maximum atomic E-state index is 4.48. The predicted octanol–water partition coefficient (Wildman–Crippen LogP) is 3.84. The third-order valence-corrected chi connectivity index (χ3v) is 4.55. The van der Waals surface area contributed by atoms with Gasteiger partial charge in [0.1, 0.15) is 0 Å². The van der Waals surface area contributed by atoms with E-state index in [0.29, 0.717) is 0 Å². The van der Waals surface area contributed by atoms with E-state index in [0.717, 1.165) is 23.6 Å². The quantitative estimate of drug-likeness (QED) is 0.694. The molecule has 0 bridgehead atoms. The average Bonchev–Trinajstić information content (AvgIpc) is 2.28. The van der Waals surface area contributed by atoms with E-state index in [4.69, 9.17) is 0 Å². The zero-order chi connectivity index (χ0) is 12.0. The normalized spacial score (nSPS) is 28.3. The van der Waals surface area contributed by atoms with Gasteiger partial charge in [-0.1, -0.05) is 33.1 Å². The van der Waals surface area contributed by atoms with Gasteiger partial charge in [0.2, 0.25) is 0 Å². The Morgan fingerprint density at radius 3 is 2.69 bits per heavy atom. The van der Waals surface area contributed by atoms with Crippen LogP contribution in [0.5, 0.6) is 0 Å². The summed E-state index contributed by atoms with van der Waals surface area (Å²) in [5, 5.41) is 0. The maximum absolute atomic E-state index is 4.48. The summed E-state index contributed by atoms with van der Waals surface area (Å²) in [6.07, 6.45) is 8.30. The van der Waals surface area contributed by atoms with E-state index < -0.39 is 0 Å². The third-order valence-electron chi connectivity index (χ3n) is 4.03. The highest BCUT2D eigenvalue weighted by Crippen LogP contribution is 2.27. The van der Waals surface area contributed by atoms with E-state index >= 15 is 0 Å². The molecule has 0 N–H and O–H groups in total. The average molecular weight is 243 g/mol. The first-order valence-corrected chi connectivity index (χ1v) is 7.61. The van der Waals surface area contributed by atoms with Gasteiger partial charge in [-0.3, -0.25) is 0 Å². The summed E-state index contributed by atoms with van der Waals surface area (Å²) in [7, 11) is 2.31. The molecular weight excluding hydrogens is 214 g/mol.